The van der Waals surface area contributed by atoms with Gasteiger partial charge in [0.2, 0.25) is 0 Å². The van der Waals surface area contributed by atoms with Crippen molar-refractivity contribution in [3.63, 3.8) is 0 Å². The van der Waals surface area contributed by atoms with Crippen molar-refractivity contribution in [2.75, 3.05) is 13.1 Å². The van der Waals surface area contributed by atoms with Gasteiger partial charge < -0.3 is 4.90 Å². The molecule has 138 valence electrons. The Kier molecular flexibility index (Phi) is 12.7. The number of hydrogen-bond acceptors (Lipinski definition) is 2. The number of aromatic nitrogens is 2. The van der Waals surface area contributed by atoms with E-state index in [2.05, 4.69) is 23.7 Å². The SMILES string of the molecule is CCCCCCCCN(CCCCCCCC)C(=S)n1ccnc1. The predicted octanol–water partition coefficient (Wildman–Crippen LogP) is 6.04. The Bertz CT molecular complexity index is 387. The van der Waals surface area contributed by atoms with Crippen LogP contribution in [0.2, 0.25) is 0 Å². The van der Waals surface area contributed by atoms with E-state index in [0.29, 0.717) is 0 Å². The number of hydrogen-bond donors (Lipinski definition) is 0. The number of rotatable bonds is 14. The van der Waals surface area contributed by atoms with Gasteiger partial charge in [0, 0.05) is 25.5 Å². The summed E-state index contributed by atoms with van der Waals surface area (Å²) in [4.78, 5) is 6.52. The Balaban J connectivity index is 2.31. The van der Waals surface area contributed by atoms with Crippen molar-refractivity contribution in [2.24, 2.45) is 0 Å². The van der Waals surface area contributed by atoms with Crippen molar-refractivity contribution in [2.45, 2.75) is 90.9 Å². The van der Waals surface area contributed by atoms with E-state index in [1.54, 1.807) is 6.20 Å². The van der Waals surface area contributed by atoms with E-state index in [-0.39, 0.29) is 0 Å². The Morgan fingerprint density at radius 1 is 0.833 bits per heavy atom. The third-order valence-electron chi connectivity index (χ3n) is 4.56. The smallest absolute Gasteiger partial charge is 0.181 e. The zero-order valence-electron chi connectivity index (χ0n) is 15.9. The van der Waals surface area contributed by atoms with Gasteiger partial charge in [-0.25, -0.2) is 4.98 Å². The van der Waals surface area contributed by atoms with Crippen molar-refractivity contribution in [1.29, 1.82) is 0 Å². The molecule has 0 spiro atoms. The molecule has 0 fully saturated rings. The Morgan fingerprint density at radius 2 is 1.33 bits per heavy atom. The summed E-state index contributed by atoms with van der Waals surface area (Å²) in [5.74, 6) is 0. The zero-order chi connectivity index (χ0) is 17.5. The van der Waals surface area contributed by atoms with E-state index in [9.17, 15) is 0 Å². The van der Waals surface area contributed by atoms with Gasteiger partial charge in [-0.3, -0.25) is 4.57 Å². The molecule has 1 rings (SSSR count). The molecule has 0 amide bonds. The maximum Gasteiger partial charge on any atom is 0.181 e. The highest BCUT2D eigenvalue weighted by atomic mass is 32.1. The van der Waals surface area contributed by atoms with Crippen LogP contribution in [-0.2, 0) is 0 Å². The maximum absolute atomic E-state index is 5.68. The molecule has 0 saturated carbocycles. The van der Waals surface area contributed by atoms with Crippen LogP contribution in [-0.4, -0.2) is 32.7 Å². The van der Waals surface area contributed by atoms with Crippen LogP contribution in [0.15, 0.2) is 18.7 Å². The van der Waals surface area contributed by atoms with Crippen LogP contribution in [0.1, 0.15) is 90.9 Å². The molecule has 4 heteroatoms. The maximum atomic E-state index is 5.68. The summed E-state index contributed by atoms with van der Waals surface area (Å²) in [6, 6.07) is 0. The second-order valence-electron chi connectivity index (χ2n) is 6.78. The van der Waals surface area contributed by atoms with Gasteiger partial charge in [0.05, 0.1) is 0 Å². The van der Waals surface area contributed by atoms with Crippen molar-refractivity contribution >= 4 is 17.3 Å². The third kappa shape index (κ3) is 9.41. The molecule has 0 atom stereocenters. The topological polar surface area (TPSA) is 21.1 Å². The molecule has 1 heterocycles. The summed E-state index contributed by atoms with van der Waals surface area (Å²) in [5.41, 5.74) is 0. The Hall–Kier alpha value is -0.900. The lowest BCUT2D eigenvalue weighted by Gasteiger charge is -2.25. The van der Waals surface area contributed by atoms with Gasteiger partial charge in [-0.1, -0.05) is 78.1 Å². The number of nitrogens with zero attached hydrogens (tertiary/aromatic N) is 3. The molecule has 0 N–H and O–H groups in total. The fraction of sp³-hybridized carbons (Fsp3) is 0.800. The van der Waals surface area contributed by atoms with Crippen LogP contribution in [0.5, 0.6) is 0 Å². The average Bonchev–Trinajstić information content (AvgIpc) is 3.13. The van der Waals surface area contributed by atoms with E-state index in [4.69, 9.17) is 12.2 Å². The first kappa shape index (κ1) is 21.1. The lowest BCUT2D eigenvalue weighted by atomic mass is 10.1. The molecule has 0 aromatic carbocycles. The van der Waals surface area contributed by atoms with Crippen molar-refractivity contribution in [3.05, 3.63) is 18.7 Å². The van der Waals surface area contributed by atoms with E-state index in [1.165, 1.54) is 77.0 Å². The first-order chi connectivity index (χ1) is 11.8. The van der Waals surface area contributed by atoms with E-state index in [0.717, 1.165) is 18.2 Å². The quantitative estimate of drug-likeness (QED) is 0.301. The average molecular weight is 352 g/mol. The fourth-order valence-corrected chi connectivity index (χ4v) is 3.30. The molecule has 0 saturated heterocycles. The zero-order valence-corrected chi connectivity index (χ0v) is 16.7. The summed E-state index contributed by atoms with van der Waals surface area (Å²) >= 11 is 5.68. The summed E-state index contributed by atoms with van der Waals surface area (Å²) in [7, 11) is 0. The van der Waals surface area contributed by atoms with Crippen LogP contribution in [0.3, 0.4) is 0 Å². The lowest BCUT2D eigenvalue weighted by Crippen LogP contribution is -2.35. The highest BCUT2D eigenvalue weighted by Crippen LogP contribution is 2.10. The summed E-state index contributed by atoms with van der Waals surface area (Å²) in [6.07, 6.45) is 21.5. The summed E-state index contributed by atoms with van der Waals surface area (Å²) in [6.45, 7) is 6.70. The van der Waals surface area contributed by atoms with Crippen LogP contribution < -0.4 is 0 Å². The van der Waals surface area contributed by atoms with Gasteiger partial charge in [-0.2, -0.15) is 0 Å². The van der Waals surface area contributed by atoms with Gasteiger partial charge in [-0.05, 0) is 25.1 Å². The van der Waals surface area contributed by atoms with Gasteiger partial charge in [0.25, 0.3) is 0 Å². The predicted molar refractivity (Wildman–Crippen MR) is 109 cm³/mol. The third-order valence-corrected chi connectivity index (χ3v) is 5.03. The second-order valence-corrected chi connectivity index (χ2v) is 7.14. The molecule has 3 nitrogen and oxygen atoms in total. The van der Waals surface area contributed by atoms with Crippen LogP contribution in [0.4, 0.5) is 0 Å². The van der Waals surface area contributed by atoms with Crippen molar-refractivity contribution < 1.29 is 0 Å². The molecule has 24 heavy (non-hydrogen) atoms. The van der Waals surface area contributed by atoms with E-state index < -0.39 is 0 Å². The minimum Gasteiger partial charge on any atom is -0.349 e. The molecular weight excluding hydrogens is 314 g/mol. The second kappa shape index (κ2) is 14.4. The Labute approximate surface area is 154 Å². The van der Waals surface area contributed by atoms with Crippen LogP contribution >= 0.6 is 12.2 Å². The summed E-state index contributed by atoms with van der Waals surface area (Å²) < 4.78 is 1.98. The molecule has 1 aromatic heterocycles. The van der Waals surface area contributed by atoms with Gasteiger partial charge in [0.1, 0.15) is 6.33 Å². The van der Waals surface area contributed by atoms with Gasteiger partial charge in [0.15, 0.2) is 5.11 Å². The molecule has 0 bridgehead atoms. The largest absolute Gasteiger partial charge is 0.349 e. The summed E-state index contributed by atoms with van der Waals surface area (Å²) in [5, 5.41) is 0.912. The first-order valence-corrected chi connectivity index (χ1v) is 10.5. The van der Waals surface area contributed by atoms with Gasteiger partial charge >= 0.3 is 0 Å². The molecule has 0 unspecified atom stereocenters. The highest BCUT2D eigenvalue weighted by Gasteiger charge is 2.10. The lowest BCUT2D eigenvalue weighted by molar-refractivity contribution is 0.381. The first-order valence-electron chi connectivity index (χ1n) is 10.1. The normalized spacial score (nSPS) is 10.9. The molecule has 0 aliphatic rings. The van der Waals surface area contributed by atoms with Crippen molar-refractivity contribution in [3.8, 4) is 0 Å². The van der Waals surface area contributed by atoms with Crippen LogP contribution in [0, 0.1) is 0 Å². The molecule has 0 radical (unpaired) electrons. The molecule has 1 aromatic rings. The van der Waals surface area contributed by atoms with E-state index in [1.807, 2.05) is 17.1 Å². The van der Waals surface area contributed by atoms with Gasteiger partial charge in [-0.15, -0.1) is 0 Å². The molecular formula is C20H37N3S. The Morgan fingerprint density at radius 3 is 1.79 bits per heavy atom. The standard InChI is InChI=1S/C20H37N3S/c1-3-5-7-9-11-13-16-22(17-14-12-10-8-6-4-2)20(24)23-18-15-21-19-23/h15,18-19H,3-14,16-17H2,1-2H3. The van der Waals surface area contributed by atoms with Crippen LogP contribution in [0.25, 0.3) is 0 Å². The molecule has 0 aliphatic heterocycles. The highest BCUT2D eigenvalue weighted by molar-refractivity contribution is 7.80. The number of unbranched alkanes of at least 4 members (excludes halogenated alkanes) is 10. The fourth-order valence-electron chi connectivity index (χ4n) is 3.00. The molecule has 0 aliphatic carbocycles. The monoisotopic (exact) mass is 351 g/mol. The minimum absolute atomic E-state index is 0.912. The minimum atomic E-state index is 0.912. The van der Waals surface area contributed by atoms with E-state index >= 15 is 0 Å². The number of imidazole rings is 1. The van der Waals surface area contributed by atoms with Crippen molar-refractivity contribution in [1.82, 2.24) is 14.5 Å². The number of thiocarbonyl (C=S) groups is 1.